The number of hydrogen-bond donors (Lipinski definition) is 1. The fraction of sp³-hybridized carbons (Fsp3) is 0.120. The summed E-state index contributed by atoms with van der Waals surface area (Å²) in [7, 11) is 0. The lowest BCUT2D eigenvalue weighted by atomic mass is 10.1. The molecule has 0 bridgehead atoms. The summed E-state index contributed by atoms with van der Waals surface area (Å²) in [5.41, 5.74) is 1.03. The van der Waals surface area contributed by atoms with Gasteiger partial charge >= 0.3 is 0 Å². The Bertz CT molecular complexity index is 1410. The minimum absolute atomic E-state index is 0.0189. The maximum Gasteiger partial charge on any atom is 0.256 e. The van der Waals surface area contributed by atoms with Crippen molar-refractivity contribution in [2.75, 3.05) is 5.32 Å². The van der Waals surface area contributed by atoms with E-state index in [0.717, 1.165) is 15.8 Å². The molecule has 4 rings (SSSR count). The zero-order chi connectivity index (χ0) is 26.0. The van der Waals surface area contributed by atoms with Gasteiger partial charge in [0.15, 0.2) is 29.1 Å². The molecule has 0 saturated carbocycles. The predicted octanol–water partition coefficient (Wildman–Crippen LogP) is 6.42. The fourth-order valence-electron chi connectivity index (χ4n) is 3.29. The lowest BCUT2D eigenvalue weighted by Gasteiger charge is -2.09. The summed E-state index contributed by atoms with van der Waals surface area (Å²) in [6.07, 6.45) is 1.23. The molecule has 1 amide bonds. The zero-order valence-electron chi connectivity index (χ0n) is 18.6. The molecule has 0 unspecified atom stereocenters. The minimum atomic E-state index is -2.24. The van der Waals surface area contributed by atoms with Crippen molar-refractivity contribution in [3.63, 3.8) is 0 Å². The van der Waals surface area contributed by atoms with Crippen LogP contribution in [0.25, 0.3) is 0 Å². The Balaban J connectivity index is 1.39. The van der Waals surface area contributed by atoms with E-state index in [9.17, 15) is 26.7 Å². The Hall–Kier alpha value is -3.92. The molecule has 0 spiro atoms. The average Bonchev–Trinajstić information content (AvgIpc) is 3.31. The highest BCUT2D eigenvalue weighted by molar-refractivity contribution is 6.32. The summed E-state index contributed by atoms with van der Waals surface area (Å²) in [5.74, 6) is -10.2. The highest BCUT2D eigenvalue weighted by atomic mass is 35.5. The van der Waals surface area contributed by atoms with Crippen LogP contribution in [0.5, 0.6) is 5.75 Å². The number of aryl methyl sites for hydroxylation is 1. The molecule has 0 aliphatic carbocycles. The third-order valence-electron chi connectivity index (χ3n) is 5.20. The Kier molecular flexibility index (Phi) is 7.25. The van der Waals surface area contributed by atoms with Crippen molar-refractivity contribution in [1.29, 1.82) is 0 Å². The number of carbonyl (C=O) groups excluding carboxylic acids is 1. The molecule has 1 N–H and O–H groups in total. The van der Waals surface area contributed by atoms with Gasteiger partial charge in [0.25, 0.3) is 5.91 Å². The fourth-order valence-corrected chi connectivity index (χ4v) is 3.46. The molecule has 186 valence electrons. The molecule has 11 heteroatoms. The second-order valence-electron chi connectivity index (χ2n) is 7.82. The second kappa shape index (κ2) is 10.4. The van der Waals surface area contributed by atoms with E-state index in [0.29, 0.717) is 16.3 Å². The van der Waals surface area contributed by atoms with Gasteiger partial charge in [-0.15, -0.1) is 0 Å². The first-order chi connectivity index (χ1) is 17.1. The van der Waals surface area contributed by atoms with E-state index >= 15 is 0 Å². The van der Waals surface area contributed by atoms with Gasteiger partial charge in [-0.25, -0.2) is 22.0 Å². The van der Waals surface area contributed by atoms with E-state index in [4.69, 9.17) is 16.3 Å². The average molecular weight is 522 g/mol. The maximum atomic E-state index is 13.9. The molecule has 0 aliphatic heterocycles. The summed E-state index contributed by atoms with van der Waals surface area (Å²) in [6.45, 7) is 1.41. The summed E-state index contributed by atoms with van der Waals surface area (Å²) >= 11 is 6.12. The molecule has 0 radical (unpaired) electrons. The molecular weight excluding hydrogens is 505 g/mol. The Morgan fingerprint density at radius 3 is 2.25 bits per heavy atom. The standard InChI is InChI=1S/C25H17ClF5N3O2/c1-13-2-7-17(26)18(10-13)36-12-14-3-5-15(6-4-14)25(35)32-19-8-9-34(33-19)11-16-20(27)22(29)24(31)23(30)21(16)28/h2-10H,11-12H2,1H3,(H,32,33,35). The molecule has 0 saturated heterocycles. The van der Waals surface area contributed by atoms with Gasteiger partial charge in [-0.05, 0) is 42.3 Å². The van der Waals surface area contributed by atoms with Crippen LogP contribution in [0.1, 0.15) is 27.0 Å². The van der Waals surface area contributed by atoms with Gasteiger partial charge in [0.1, 0.15) is 12.4 Å². The quantitative estimate of drug-likeness (QED) is 0.173. The smallest absolute Gasteiger partial charge is 0.256 e. The van der Waals surface area contributed by atoms with Crippen LogP contribution in [0.15, 0.2) is 54.7 Å². The van der Waals surface area contributed by atoms with Crippen LogP contribution in [-0.4, -0.2) is 15.7 Å². The Morgan fingerprint density at radius 1 is 0.944 bits per heavy atom. The SMILES string of the molecule is Cc1ccc(Cl)c(OCc2ccc(C(=O)Nc3ccn(Cc4c(F)c(F)c(F)c(F)c4F)n3)cc2)c1. The first-order valence-corrected chi connectivity index (χ1v) is 10.8. The van der Waals surface area contributed by atoms with Crippen molar-refractivity contribution in [3.05, 3.63) is 111 Å². The molecule has 5 nitrogen and oxygen atoms in total. The number of rotatable bonds is 7. The van der Waals surface area contributed by atoms with E-state index in [1.54, 1.807) is 30.3 Å². The van der Waals surface area contributed by atoms with Crippen LogP contribution in [0.2, 0.25) is 5.02 Å². The van der Waals surface area contributed by atoms with Crippen molar-refractivity contribution < 1.29 is 31.5 Å². The highest BCUT2D eigenvalue weighted by Crippen LogP contribution is 2.26. The number of hydrogen-bond acceptors (Lipinski definition) is 3. The number of carbonyl (C=O) groups is 1. The van der Waals surface area contributed by atoms with E-state index in [-0.39, 0.29) is 12.4 Å². The third kappa shape index (κ3) is 5.33. The van der Waals surface area contributed by atoms with Crippen molar-refractivity contribution in [2.24, 2.45) is 0 Å². The Labute approximate surface area is 207 Å². The highest BCUT2D eigenvalue weighted by Gasteiger charge is 2.26. The number of benzene rings is 3. The first kappa shape index (κ1) is 25.2. The minimum Gasteiger partial charge on any atom is -0.487 e. The number of ether oxygens (including phenoxy) is 1. The molecule has 1 aromatic heterocycles. The number of amides is 1. The number of nitrogens with one attached hydrogen (secondary N) is 1. The van der Waals surface area contributed by atoms with Crippen LogP contribution in [0.4, 0.5) is 27.8 Å². The molecule has 0 atom stereocenters. The van der Waals surface area contributed by atoms with Crippen LogP contribution in [0, 0.1) is 36.0 Å². The van der Waals surface area contributed by atoms with Gasteiger partial charge < -0.3 is 10.1 Å². The number of nitrogens with zero attached hydrogens (tertiary/aromatic N) is 2. The maximum absolute atomic E-state index is 13.9. The van der Waals surface area contributed by atoms with E-state index in [1.165, 1.54) is 12.3 Å². The first-order valence-electron chi connectivity index (χ1n) is 10.5. The normalized spacial score (nSPS) is 11.0. The molecule has 4 aromatic rings. The van der Waals surface area contributed by atoms with E-state index in [2.05, 4.69) is 10.4 Å². The molecule has 0 fully saturated rings. The lowest BCUT2D eigenvalue weighted by molar-refractivity contribution is 0.102. The number of aromatic nitrogens is 2. The van der Waals surface area contributed by atoms with Crippen molar-refractivity contribution >= 4 is 23.3 Å². The lowest BCUT2D eigenvalue weighted by Crippen LogP contribution is -2.14. The van der Waals surface area contributed by atoms with Gasteiger partial charge in [0.05, 0.1) is 17.1 Å². The molecule has 0 aliphatic rings. The number of anilines is 1. The van der Waals surface area contributed by atoms with Crippen LogP contribution >= 0.6 is 11.6 Å². The summed E-state index contributed by atoms with van der Waals surface area (Å²) in [6, 6.07) is 13.3. The van der Waals surface area contributed by atoms with Crippen LogP contribution in [-0.2, 0) is 13.2 Å². The van der Waals surface area contributed by atoms with Crippen molar-refractivity contribution in [2.45, 2.75) is 20.1 Å². The summed E-state index contributed by atoms with van der Waals surface area (Å²) < 4.78 is 74.5. The third-order valence-corrected chi connectivity index (χ3v) is 5.51. The zero-order valence-corrected chi connectivity index (χ0v) is 19.3. The summed E-state index contributed by atoms with van der Waals surface area (Å²) in [5, 5.41) is 6.90. The number of halogens is 6. The van der Waals surface area contributed by atoms with Gasteiger partial charge in [0.2, 0.25) is 5.82 Å². The predicted molar refractivity (Wildman–Crippen MR) is 122 cm³/mol. The van der Waals surface area contributed by atoms with E-state index < -0.39 is 47.1 Å². The second-order valence-corrected chi connectivity index (χ2v) is 8.23. The van der Waals surface area contributed by atoms with E-state index in [1.807, 2.05) is 19.1 Å². The van der Waals surface area contributed by atoms with Crippen LogP contribution in [0.3, 0.4) is 0 Å². The summed E-state index contributed by atoms with van der Waals surface area (Å²) in [4.78, 5) is 12.5. The van der Waals surface area contributed by atoms with Gasteiger partial charge in [-0.2, -0.15) is 5.10 Å². The molecular formula is C25H17ClF5N3O2. The molecule has 1 heterocycles. The van der Waals surface area contributed by atoms with Crippen molar-refractivity contribution in [3.8, 4) is 5.75 Å². The molecule has 3 aromatic carbocycles. The topological polar surface area (TPSA) is 56.1 Å². The van der Waals surface area contributed by atoms with Gasteiger partial charge in [-0.3, -0.25) is 9.48 Å². The van der Waals surface area contributed by atoms with Gasteiger partial charge in [0, 0.05) is 17.8 Å². The van der Waals surface area contributed by atoms with Crippen LogP contribution < -0.4 is 10.1 Å². The van der Waals surface area contributed by atoms with Crippen molar-refractivity contribution in [1.82, 2.24) is 9.78 Å². The monoisotopic (exact) mass is 521 g/mol. The Morgan fingerprint density at radius 2 is 1.58 bits per heavy atom. The largest absolute Gasteiger partial charge is 0.487 e. The molecule has 36 heavy (non-hydrogen) atoms. The van der Waals surface area contributed by atoms with Gasteiger partial charge in [-0.1, -0.05) is 29.8 Å².